The standard InChI is InChI=1S/C19H15N3O3/c1-10-7-11(2)16-14(8-10)17-15(9-20-16)18(23)22(21-17)13-5-3-12(4-6-13)19(24)25/h3-9,20H,1-2H3,(H,24,25). The van der Waals surface area contributed by atoms with Gasteiger partial charge in [-0.25, -0.2) is 4.79 Å². The molecule has 6 heteroatoms. The molecule has 2 aromatic carbocycles. The number of pyridine rings is 1. The fourth-order valence-corrected chi connectivity index (χ4v) is 3.15. The molecule has 2 aromatic rings. The number of aromatic nitrogens is 3. The van der Waals surface area contributed by atoms with Gasteiger partial charge in [0.1, 0.15) is 5.69 Å². The number of H-pyrrole nitrogens is 1. The lowest BCUT2D eigenvalue weighted by atomic mass is 10.0. The molecule has 25 heavy (non-hydrogen) atoms. The van der Waals surface area contributed by atoms with E-state index in [1.165, 1.54) is 16.8 Å². The SMILES string of the molecule is Cc1cc(C)c2[nH]cc3c(=O)n(-c4ccc(C(=O)O)cc4)nc-3c2c1. The number of hydrogen-bond donors (Lipinski definition) is 2. The lowest BCUT2D eigenvalue weighted by Gasteiger charge is -2.07. The van der Waals surface area contributed by atoms with Crippen LogP contribution in [-0.4, -0.2) is 25.8 Å². The molecular weight excluding hydrogens is 318 g/mol. The topological polar surface area (TPSA) is 88.0 Å². The average molecular weight is 333 g/mol. The number of rotatable bonds is 2. The van der Waals surface area contributed by atoms with Gasteiger partial charge in [-0.3, -0.25) is 4.79 Å². The molecule has 124 valence electrons. The van der Waals surface area contributed by atoms with Gasteiger partial charge in [-0.15, -0.1) is 0 Å². The second kappa shape index (κ2) is 5.31. The normalized spacial score (nSPS) is 11.3. The Labute approximate surface area is 142 Å². The highest BCUT2D eigenvalue weighted by atomic mass is 16.4. The fourth-order valence-electron chi connectivity index (χ4n) is 3.15. The summed E-state index contributed by atoms with van der Waals surface area (Å²) in [5, 5.41) is 14.4. The molecular formula is C19H15N3O3. The van der Waals surface area contributed by atoms with Crippen LogP contribution in [-0.2, 0) is 0 Å². The Morgan fingerprint density at radius 1 is 1.16 bits per heavy atom. The largest absolute Gasteiger partial charge is 0.478 e. The monoisotopic (exact) mass is 333 g/mol. The Kier molecular flexibility index (Phi) is 3.21. The van der Waals surface area contributed by atoms with Gasteiger partial charge in [0.2, 0.25) is 0 Å². The van der Waals surface area contributed by atoms with E-state index in [0.717, 1.165) is 22.0 Å². The van der Waals surface area contributed by atoms with Crippen molar-refractivity contribution in [1.82, 2.24) is 14.8 Å². The van der Waals surface area contributed by atoms with E-state index in [9.17, 15) is 9.59 Å². The summed E-state index contributed by atoms with van der Waals surface area (Å²) in [7, 11) is 0. The molecule has 4 rings (SSSR count). The molecule has 6 nitrogen and oxygen atoms in total. The maximum Gasteiger partial charge on any atom is 0.335 e. The van der Waals surface area contributed by atoms with Crippen molar-refractivity contribution in [3.05, 3.63) is 69.6 Å². The summed E-state index contributed by atoms with van der Waals surface area (Å²) >= 11 is 0. The molecule has 0 amide bonds. The Balaban J connectivity index is 1.98. The second-order valence-corrected chi connectivity index (χ2v) is 6.12. The molecule has 0 saturated heterocycles. The summed E-state index contributed by atoms with van der Waals surface area (Å²) in [5.41, 5.74) is 4.72. The van der Waals surface area contributed by atoms with Crippen LogP contribution in [0.4, 0.5) is 0 Å². The van der Waals surface area contributed by atoms with Gasteiger partial charge >= 0.3 is 5.97 Å². The zero-order chi connectivity index (χ0) is 17.7. The maximum atomic E-state index is 12.7. The third kappa shape index (κ3) is 2.30. The van der Waals surface area contributed by atoms with Gasteiger partial charge in [0.05, 0.1) is 22.3 Å². The van der Waals surface area contributed by atoms with Crippen LogP contribution in [0.2, 0.25) is 0 Å². The molecule has 0 radical (unpaired) electrons. The summed E-state index contributed by atoms with van der Waals surface area (Å²) in [4.78, 5) is 26.9. The van der Waals surface area contributed by atoms with Gasteiger partial charge in [0.25, 0.3) is 5.56 Å². The highest BCUT2D eigenvalue weighted by molar-refractivity contribution is 5.95. The second-order valence-electron chi connectivity index (χ2n) is 6.12. The first-order chi connectivity index (χ1) is 12.0. The van der Waals surface area contributed by atoms with Gasteiger partial charge in [-0.05, 0) is 49.7 Å². The summed E-state index contributed by atoms with van der Waals surface area (Å²) in [6.45, 7) is 4.02. The number of fused-ring (bicyclic) bond motifs is 3. The zero-order valence-electron chi connectivity index (χ0n) is 13.7. The van der Waals surface area contributed by atoms with Crippen LogP contribution < -0.4 is 5.56 Å². The summed E-state index contributed by atoms with van der Waals surface area (Å²) in [5.74, 6) is -1.01. The van der Waals surface area contributed by atoms with Crippen LogP contribution in [0.3, 0.4) is 0 Å². The molecule has 0 saturated carbocycles. The van der Waals surface area contributed by atoms with Crippen LogP contribution in [0.15, 0.2) is 47.4 Å². The van der Waals surface area contributed by atoms with Crippen molar-refractivity contribution in [2.24, 2.45) is 0 Å². The molecule has 2 heterocycles. The number of nitrogens with zero attached hydrogens (tertiary/aromatic N) is 2. The lowest BCUT2D eigenvalue weighted by Crippen LogP contribution is -2.14. The summed E-state index contributed by atoms with van der Waals surface area (Å²) in [6, 6.07) is 10.2. The molecule has 0 bridgehead atoms. The van der Waals surface area contributed by atoms with Crippen LogP contribution in [0.25, 0.3) is 27.8 Å². The first-order valence-electron chi connectivity index (χ1n) is 7.81. The van der Waals surface area contributed by atoms with Crippen molar-refractivity contribution in [3.63, 3.8) is 0 Å². The van der Waals surface area contributed by atoms with Crippen molar-refractivity contribution < 1.29 is 9.90 Å². The number of aryl methyl sites for hydroxylation is 2. The van der Waals surface area contributed by atoms with E-state index in [-0.39, 0.29) is 11.1 Å². The highest BCUT2D eigenvalue weighted by Gasteiger charge is 2.20. The molecule has 0 fully saturated rings. The Morgan fingerprint density at radius 2 is 1.88 bits per heavy atom. The Morgan fingerprint density at radius 3 is 2.56 bits per heavy atom. The number of carboxylic acids is 1. The van der Waals surface area contributed by atoms with E-state index in [0.29, 0.717) is 16.9 Å². The number of carboxylic acid groups (broad SMARTS) is 1. The van der Waals surface area contributed by atoms with Crippen molar-refractivity contribution in [3.8, 4) is 16.9 Å². The van der Waals surface area contributed by atoms with Crippen LogP contribution >= 0.6 is 0 Å². The fraction of sp³-hybridized carbons (Fsp3) is 0.105. The number of aromatic amines is 1. The van der Waals surface area contributed by atoms with E-state index in [1.807, 2.05) is 19.9 Å². The number of nitrogens with one attached hydrogen (secondary N) is 1. The van der Waals surface area contributed by atoms with Gasteiger partial charge in [0, 0.05) is 11.6 Å². The van der Waals surface area contributed by atoms with Gasteiger partial charge in [0.15, 0.2) is 0 Å². The summed E-state index contributed by atoms with van der Waals surface area (Å²) in [6.07, 6.45) is 1.68. The number of benzene rings is 2. The third-order valence-corrected chi connectivity index (χ3v) is 4.33. The maximum absolute atomic E-state index is 12.7. The minimum Gasteiger partial charge on any atom is -0.478 e. The number of carbonyl (C=O) groups is 1. The van der Waals surface area contributed by atoms with Gasteiger partial charge in [-0.1, -0.05) is 11.6 Å². The summed E-state index contributed by atoms with van der Waals surface area (Å²) < 4.78 is 1.31. The lowest BCUT2D eigenvalue weighted by molar-refractivity contribution is 0.0697. The highest BCUT2D eigenvalue weighted by Crippen LogP contribution is 2.28. The molecule has 0 unspecified atom stereocenters. The quantitative estimate of drug-likeness (QED) is 0.590. The van der Waals surface area contributed by atoms with Crippen molar-refractivity contribution in [1.29, 1.82) is 0 Å². The zero-order valence-corrected chi connectivity index (χ0v) is 13.7. The number of hydrogen-bond acceptors (Lipinski definition) is 3. The van der Waals surface area contributed by atoms with Crippen molar-refractivity contribution >= 4 is 16.9 Å². The van der Waals surface area contributed by atoms with E-state index in [1.54, 1.807) is 18.3 Å². The molecule has 0 spiro atoms. The van der Waals surface area contributed by atoms with Crippen molar-refractivity contribution in [2.75, 3.05) is 0 Å². The van der Waals surface area contributed by atoms with E-state index < -0.39 is 5.97 Å². The molecule has 2 aliphatic rings. The molecule has 2 aliphatic heterocycles. The van der Waals surface area contributed by atoms with E-state index in [2.05, 4.69) is 16.1 Å². The predicted molar refractivity (Wildman–Crippen MR) is 94.7 cm³/mol. The molecule has 0 atom stereocenters. The molecule has 0 aromatic heterocycles. The molecule has 2 N–H and O–H groups in total. The third-order valence-electron chi connectivity index (χ3n) is 4.33. The Bertz CT molecular complexity index is 1150. The molecule has 0 aliphatic carbocycles. The number of aromatic carboxylic acids is 1. The average Bonchev–Trinajstić information content (AvgIpc) is 2.92. The van der Waals surface area contributed by atoms with Gasteiger partial charge < -0.3 is 10.1 Å². The van der Waals surface area contributed by atoms with Crippen LogP contribution in [0.5, 0.6) is 0 Å². The predicted octanol–water partition coefficient (Wildman–Crippen LogP) is 3.13. The first kappa shape index (κ1) is 15.1. The van der Waals surface area contributed by atoms with Crippen LogP contribution in [0.1, 0.15) is 21.5 Å². The van der Waals surface area contributed by atoms with Crippen molar-refractivity contribution in [2.45, 2.75) is 13.8 Å². The minimum atomic E-state index is -1.01. The minimum absolute atomic E-state index is 0.165. The Hall–Kier alpha value is -3.41. The smallest absolute Gasteiger partial charge is 0.335 e. The van der Waals surface area contributed by atoms with E-state index in [4.69, 9.17) is 5.11 Å². The van der Waals surface area contributed by atoms with Crippen LogP contribution in [0, 0.1) is 13.8 Å². The van der Waals surface area contributed by atoms with Gasteiger partial charge in [-0.2, -0.15) is 9.78 Å². The first-order valence-corrected chi connectivity index (χ1v) is 7.81. The van der Waals surface area contributed by atoms with E-state index >= 15 is 0 Å².